The SMILES string of the molecule is CC(C)(C)c1ccc(C#CC(=O)N2CCN(c3ncccc3[N+](=O)[O-])CC2)cc1. The van der Waals surface area contributed by atoms with Gasteiger partial charge >= 0.3 is 5.69 Å². The molecule has 1 aliphatic heterocycles. The van der Waals surface area contributed by atoms with Gasteiger partial charge in [-0.25, -0.2) is 4.98 Å². The van der Waals surface area contributed by atoms with E-state index >= 15 is 0 Å². The third kappa shape index (κ3) is 4.91. The molecule has 150 valence electrons. The van der Waals surface area contributed by atoms with Crippen LogP contribution in [0.5, 0.6) is 0 Å². The molecule has 29 heavy (non-hydrogen) atoms. The Labute approximate surface area is 170 Å². The van der Waals surface area contributed by atoms with Gasteiger partial charge in [0.05, 0.1) is 4.92 Å². The number of hydrogen-bond donors (Lipinski definition) is 0. The maximum absolute atomic E-state index is 12.4. The summed E-state index contributed by atoms with van der Waals surface area (Å²) in [5, 5.41) is 11.2. The minimum Gasteiger partial charge on any atom is -0.347 e. The maximum atomic E-state index is 12.4. The lowest BCUT2D eigenvalue weighted by molar-refractivity contribution is -0.384. The Bertz CT molecular complexity index is 960. The van der Waals surface area contributed by atoms with Crippen LogP contribution in [0, 0.1) is 22.0 Å². The first-order valence-electron chi connectivity index (χ1n) is 9.51. The fourth-order valence-corrected chi connectivity index (χ4v) is 3.15. The standard InChI is InChI=1S/C22H24N4O3/c1-22(2,3)18-9-6-17(7-10-18)8-11-20(27)24-13-15-25(16-14-24)21-19(26(28)29)5-4-12-23-21/h4-7,9-10,12H,13-16H2,1-3H3. The number of hydrogen-bond acceptors (Lipinski definition) is 5. The minimum atomic E-state index is -0.434. The fraction of sp³-hybridized carbons (Fsp3) is 0.364. The zero-order chi connectivity index (χ0) is 21.0. The van der Waals surface area contributed by atoms with Crippen LogP contribution in [-0.2, 0) is 10.2 Å². The normalized spacial score (nSPS) is 14.2. The fourth-order valence-electron chi connectivity index (χ4n) is 3.15. The molecule has 1 aliphatic rings. The van der Waals surface area contributed by atoms with Gasteiger partial charge in [-0.2, -0.15) is 0 Å². The van der Waals surface area contributed by atoms with E-state index in [9.17, 15) is 14.9 Å². The van der Waals surface area contributed by atoms with Gasteiger partial charge in [0.2, 0.25) is 5.82 Å². The van der Waals surface area contributed by atoms with Crippen LogP contribution in [-0.4, -0.2) is 46.9 Å². The molecule has 0 bridgehead atoms. The number of nitrogens with zero attached hydrogens (tertiary/aromatic N) is 4. The Kier molecular flexibility index (Phi) is 5.83. The van der Waals surface area contributed by atoms with Crippen molar-refractivity contribution >= 4 is 17.4 Å². The molecule has 0 aliphatic carbocycles. The molecule has 7 nitrogen and oxygen atoms in total. The van der Waals surface area contributed by atoms with E-state index in [4.69, 9.17) is 0 Å². The highest BCUT2D eigenvalue weighted by atomic mass is 16.6. The molecule has 3 rings (SSSR count). The second-order valence-electron chi connectivity index (χ2n) is 7.96. The topological polar surface area (TPSA) is 79.6 Å². The summed E-state index contributed by atoms with van der Waals surface area (Å²) in [7, 11) is 0. The number of rotatable bonds is 2. The van der Waals surface area contributed by atoms with Gasteiger partial charge in [-0.3, -0.25) is 14.9 Å². The van der Waals surface area contributed by atoms with Crippen LogP contribution in [0.1, 0.15) is 31.9 Å². The van der Waals surface area contributed by atoms with Crippen LogP contribution in [0.25, 0.3) is 0 Å². The lowest BCUT2D eigenvalue weighted by Crippen LogP contribution is -2.48. The Morgan fingerprint density at radius 1 is 1.10 bits per heavy atom. The molecule has 0 N–H and O–H groups in total. The molecular formula is C22H24N4O3. The molecule has 7 heteroatoms. The number of nitro groups is 1. The highest BCUT2D eigenvalue weighted by Gasteiger charge is 2.26. The van der Waals surface area contributed by atoms with E-state index in [-0.39, 0.29) is 17.0 Å². The number of piperazine rings is 1. The third-order valence-electron chi connectivity index (χ3n) is 4.89. The van der Waals surface area contributed by atoms with Gasteiger partial charge in [0.1, 0.15) is 0 Å². The highest BCUT2D eigenvalue weighted by Crippen LogP contribution is 2.25. The van der Waals surface area contributed by atoms with Gasteiger partial charge < -0.3 is 9.80 Å². The number of aromatic nitrogens is 1. The zero-order valence-corrected chi connectivity index (χ0v) is 16.9. The van der Waals surface area contributed by atoms with Crippen molar-refractivity contribution in [3.05, 3.63) is 63.8 Å². The van der Waals surface area contributed by atoms with Crippen LogP contribution in [0.15, 0.2) is 42.6 Å². The molecule has 1 amide bonds. The number of amides is 1. The first kappa shape index (κ1) is 20.3. The van der Waals surface area contributed by atoms with Gasteiger partial charge in [0.25, 0.3) is 5.91 Å². The van der Waals surface area contributed by atoms with Gasteiger partial charge in [-0.1, -0.05) is 38.8 Å². The van der Waals surface area contributed by atoms with E-state index < -0.39 is 4.92 Å². The van der Waals surface area contributed by atoms with Crippen LogP contribution in [0.3, 0.4) is 0 Å². The minimum absolute atomic E-state index is 0.0224. The maximum Gasteiger partial charge on any atom is 0.311 e. The quantitative estimate of drug-likeness (QED) is 0.446. The summed E-state index contributed by atoms with van der Waals surface area (Å²) >= 11 is 0. The molecule has 0 atom stereocenters. The molecule has 0 unspecified atom stereocenters. The molecule has 1 saturated heterocycles. The Morgan fingerprint density at radius 2 is 1.76 bits per heavy atom. The van der Waals surface area contributed by atoms with Crippen molar-refractivity contribution in [3.63, 3.8) is 0 Å². The van der Waals surface area contributed by atoms with Crippen molar-refractivity contribution in [2.75, 3.05) is 31.1 Å². The predicted octanol–water partition coefficient (Wildman–Crippen LogP) is 2.99. The summed E-state index contributed by atoms with van der Waals surface area (Å²) in [5.41, 5.74) is 2.07. The summed E-state index contributed by atoms with van der Waals surface area (Å²) in [6.07, 6.45) is 1.54. The molecule has 0 spiro atoms. The zero-order valence-electron chi connectivity index (χ0n) is 16.9. The lowest BCUT2D eigenvalue weighted by Gasteiger charge is -2.34. The van der Waals surface area contributed by atoms with Crippen molar-refractivity contribution in [2.45, 2.75) is 26.2 Å². The molecule has 0 saturated carbocycles. The second kappa shape index (κ2) is 8.31. The van der Waals surface area contributed by atoms with E-state index in [1.165, 1.54) is 17.8 Å². The molecule has 2 heterocycles. The predicted molar refractivity (Wildman–Crippen MR) is 112 cm³/mol. The molecule has 2 aromatic rings. The van der Waals surface area contributed by atoms with E-state index in [1.54, 1.807) is 11.0 Å². The highest BCUT2D eigenvalue weighted by molar-refractivity contribution is 5.94. The van der Waals surface area contributed by atoms with Crippen LogP contribution in [0.4, 0.5) is 11.5 Å². The molecular weight excluding hydrogens is 368 g/mol. The van der Waals surface area contributed by atoms with Crippen LogP contribution >= 0.6 is 0 Å². The summed E-state index contributed by atoms with van der Waals surface area (Å²) in [6, 6.07) is 10.9. The van der Waals surface area contributed by atoms with Gasteiger partial charge in [-0.15, -0.1) is 0 Å². The first-order chi connectivity index (χ1) is 13.8. The average molecular weight is 392 g/mol. The average Bonchev–Trinajstić information content (AvgIpc) is 2.71. The number of anilines is 1. The number of carbonyl (C=O) groups is 1. The Morgan fingerprint density at radius 3 is 2.34 bits per heavy atom. The van der Waals surface area contributed by atoms with Crippen molar-refractivity contribution < 1.29 is 9.72 Å². The molecule has 0 radical (unpaired) electrons. The van der Waals surface area contributed by atoms with Gasteiger partial charge in [0, 0.05) is 49.9 Å². The summed E-state index contributed by atoms with van der Waals surface area (Å²) in [6.45, 7) is 8.30. The second-order valence-corrected chi connectivity index (χ2v) is 7.96. The van der Waals surface area contributed by atoms with Gasteiger partial charge in [0.15, 0.2) is 0 Å². The number of benzene rings is 1. The summed E-state index contributed by atoms with van der Waals surface area (Å²) in [5.74, 6) is 5.74. The van der Waals surface area contributed by atoms with Crippen molar-refractivity contribution in [2.24, 2.45) is 0 Å². The number of pyridine rings is 1. The lowest BCUT2D eigenvalue weighted by atomic mass is 9.87. The first-order valence-corrected chi connectivity index (χ1v) is 9.51. The van der Waals surface area contributed by atoms with E-state index in [1.807, 2.05) is 29.2 Å². The Balaban J connectivity index is 1.62. The van der Waals surface area contributed by atoms with Crippen molar-refractivity contribution in [1.82, 2.24) is 9.88 Å². The van der Waals surface area contributed by atoms with E-state index in [2.05, 4.69) is 37.6 Å². The Hall–Kier alpha value is -3.40. The van der Waals surface area contributed by atoms with E-state index in [0.717, 1.165) is 5.56 Å². The van der Waals surface area contributed by atoms with Crippen LogP contribution < -0.4 is 4.90 Å². The van der Waals surface area contributed by atoms with Crippen LogP contribution in [0.2, 0.25) is 0 Å². The van der Waals surface area contributed by atoms with Gasteiger partial charge in [-0.05, 0) is 29.2 Å². The largest absolute Gasteiger partial charge is 0.347 e. The molecule has 1 aromatic carbocycles. The summed E-state index contributed by atoms with van der Waals surface area (Å²) in [4.78, 5) is 30.8. The monoisotopic (exact) mass is 392 g/mol. The summed E-state index contributed by atoms with van der Waals surface area (Å²) < 4.78 is 0. The third-order valence-corrected chi connectivity index (χ3v) is 4.89. The van der Waals surface area contributed by atoms with E-state index in [0.29, 0.717) is 32.0 Å². The van der Waals surface area contributed by atoms with Crippen molar-refractivity contribution in [1.29, 1.82) is 0 Å². The molecule has 1 aromatic heterocycles. The molecule has 1 fully saturated rings. The van der Waals surface area contributed by atoms with Crippen molar-refractivity contribution in [3.8, 4) is 11.8 Å². The smallest absolute Gasteiger partial charge is 0.311 e. The number of carbonyl (C=O) groups excluding carboxylic acids is 1.